The summed E-state index contributed by atoms with van der Waals surface area (Å²) in [6, 6.07) is 14.1. The standard InChI is InChI=1S/C24H27N5O2S/c1-29(2)15-20-7-8-21(31-20)16-32-10-9-25-24-27-14-19(23(30)28-24)12-17-11-18-5-3-4-6-22(18)26-13-17/h3-8,11,13-14H,9-10,12,15-16H2,1-2H3,(H2,25,27,28,30). The highest BCUT2D eigenvalue weighted by atomic mass is 32.2. The highest BCUT2D eigenvalue weighted by Crippen LogP contribution is 2.17. The van der Waals surface area contributed by atoms with Gasteiger partial charge in [-0.15, -0.1) is 0 Å². The van der Waals surface area contributed by atoms with E-state index in [4.69, 9.17) is 4.42 Å². The van der Waals surface area contributed by atoms with Crippen LogP contribution in [0.15, 0.2) is 64.1 Å². The molecular formula is C24H27N5O2S. The number of anilines is 1. The first-order valence-corrected chi connectivity index (χ1v) is 11.7. The van der Waals surface area contributed by atoms with Crippen LogP contribution in [-0.4, -0.2) is 46.2 Å². The van der Waals surface area contributed by atoms with Crippen molar-refractivity contribution in [2.24, 2.45) is 0 Å². The summed E-state index contributed by atoms with van der Waals surface area (Å²) in [5, 5.41) is 4.24. The lowest BCUT2D eigenvalue weighted by molar-refractivity contribution is 0.344. The summed E-state index contributed by atoms with van der Waals surface area (Å²) in [7, 11) is 4.04. The summed E-state index contributed by atoms with van der Waals surface area (Å²) in [6.45, 7) is 1.51. The Balaban J connectivity index is 1.25. The highest BCUT2D eigenvalue weighted by Gasteiger charge is 2.06. The molecule has 0 aliphatic heterocycles. The molecule has 166 valence electrons. The first kappa shape index (κ1) is 22.1. The number of pyridine rings is 1. The third-order valence-electron chi connectivity index (χ3n) is 4.89. The maximum Gasteiger partial charge on any atom is 0.255 e. The van der Waals surface area contributed by atoms with E-state index in [0.717, 1.165) is 46.0 Å². The Kier molecular flexibility index (Phi) is 7.24. The van der Waals surface area contributed by atoms with E-state index in [1.807, 2.05) is 56.7 Å². The number of furan rings is 1. The molecule has 0 amide bonds. The summed E-state index contributed by atoms with van der Waals surface area (Å²) in [6.07, 6.45) is 3.95. The normalized spacial score (nSPS) is 11.3. The van der Waals surface area contributed by atoms with Crippen molar-refractivity contribution in [2.75, 3.05) is 31.7 Å². The number of fused-ring (bicyclic) bond motifs is 1. The highest BCUT2D eigenvalue weighted by molar-refractivity contribution is 7.98. The fourth-order valence-corrected chi connectivity index (χ4v) is 4.13. The van der Waals surface area contributed by atoms with Crippen molar-refractivity contribution in [3.8, 4) is 0 Å². The second-order valence-corrected chi connectivity index (χ2v) is 8.99. The van der Waals surface area contributed by atoms with E-state index in [2.05, 4.69) is 31.2 Å². The zero-order valence-corrected chi connectivity index (χ0v) is 19.1. The zero-order chi connectivity index (χ0) is 22.3. The molecule has 0 unspecified atom stereocenters. The van der Waals surface area contributed by atoms with Gasteiger partial charge in [0.25, 0.3) is 5.56 Å². The van der Waals surface area contributed by atoms with Crippen LogP contribution in [0.3, 0.4) is 0 Å². The molecule has 0 saturated carbocycles. The van der Waals surface area contributed by atoms with Gasteiger partial charge >= 0.3 is 0 Å². The lowest BCUT2D eigenvalue weighted by Crippen LogP contribution is -2.18. The van der Waals surface area contributed by atoms with E-state index in [1.165, 1.54) is 0 Å². The SMILES string of the molecule is CN(C)Cc1ccc(CSCCNc2ncc(Cc3cnc4ccccc4c3)c(=O)[nH]2)o1. The van der Waals surface area contributed by atoms with Crippen molar-refractivity contribution in [3.05, 3.63) is 87.9 Å². The van der Waals surface area contributed by atoms with Crippen LogP contribution in [0.4, 0.5) is 5.95 Å². The maximum atomic E-state index is 12.5. The van der Waals surface area contributed by atoms with Crippen molar-refractivity contribution >= 4 is 28.6 Å². The Labute approximate surface area is 191 Å². The number of nitrogens with zero attached hydrogens (tertiary/aromatic N) is 3. The van der Waals surface area contributed by atoms with E-state index >= 15 is 0 Å². The van der Waals surface area contributed by atoms with Crippen molar-refractivity contribution in [3.63, 3.8) is 0 Å². The van der Waals surface area contributed by atoms with Crippen LogP contribution in [-0.2, 0) is 18.7 Å². The molecule has 32 heavy (non-hydrogen) atoms. The van der Waals surface area contributed by atoms with Gasteiger partial charge in [-0.3, -0.25) is 14.8 Å². The second kappa shape index (κ2) is 10.5. The molecule has 3 aromatic heterocycles. The monoisotopic (exact) mass is 449 g/mol. The van der Waals surface area contributed by atoms with Crippen molar-refractivity contribution in [1.82, 2.24) is 19.9 Å². The minimum atomic E-state index is -0.132. The van der Waals surface area contributed by atoms with Crippen LogP contribution in [0, 0.1) is 0 Å². The van der Waals surface area contributed by atoms with Gasteiger partial charge in [0.2, 0.25) is 5.95 Å². The summed E-state index contributed by atoms with van der Waals surface area (Å²) in [5.41, 5.74) is 2.42. The first-order valence-electron chi connectivity index (χ1n) is 10.5. The average Bonchev–Trinajstić information content (AvgIpc) is 3.21. The molecule has 0 fully saturated rings. The fourth-order valence-electron chi connectivity index (χ4n) is 3.38. The van der Waals surface area contributed by atoms with Crippen LogP contribution >= 0.6 is 11.8 Å². The third-order valence-corrected chi connectivity index (χ3v) is 5.87. The Morgan fingerprint density at radius 2 is 1.94 bits per heavy atom. The molecule has 0 atom stereocenters. The maximum absolute atomic E-state index is 12.5. The number of thioether (sulfide) groups is 1. The van der Waals surface area contributed by atoms with Crippen LogP contribution in [0.2, 0.25) is 0 Å². The van der Waals surface area contributed by atoms with Gasteiger partial charge in [-0.2, -0.15) is 11.8 Å². The first-order chi connectivity index (χ1) is 15.6. The molecule has 1 aromatic carbocycles. The molecular weight excluding hydrogens is 422 g/mol. The van der Waals surface area contributed by atoms with Gasteiger partial charge in [-0.25, -0.2) is 4.98 Å². The molecule has 7 nitrogen and oxygen atoms in total. The average molecular weight is 450 g/mol. The molecule has 0 bridgehead atoms. The fraction of sp³-hybridized carbons (Fsp3) is 0.292. The summed E-state index contributed by atoms with van der Waals surface area (Å²) in [5.74, 6) is 4.13. The Hall–Kier alpha value is -3.10. The molecule has 0 spiro atoms. The molecule has 4 rings (SSSR count). The zero-order valence-electron chi connectivity index (χ0n) is 18.3. The molecule has 8 heteroatoms. The molecule has 0 saturated heterocycles. The van der Waals surface area contributed by atoms with Crippen LogP contribution < -0.4 is 10.9 Å². The molecule has 4 aromatic rings. The van der Waals surface area contributed by atoms with Crippen LogP contribution in [0.5, 0.6) is 0 Å². The van der Waals surface area contributed by atoms with Gasteiger partial charge < -0.3 is 14.6 Å². The van der Waals surface area contributed by atoms with Gasteiger partial charge in [0.15, 0.2) is 0 Å². The number of H-pyrrole nitrogens is 1. The van der Waals surface area contributed by atoms with E-state index in [0.29, 0.717) is 24.5 Å². The van der Waals surface area contributed by atoms with Crippen molar-refractivity contribution < 1.29 is 4.42 Å². The van der Waals surface area contributed by atoms with Gasteiger partial charge in [-0.05, 0) is 43.9 Å². The third kappa shape index (κ3) is 5.99. The lowest BCUT2D eigenvalue weighted by atomic mass is 10.1. The van der Waals surface area contributed by atoms with E-state index in [-0.39, 0.29) is 5.56 Å². The predicted octanol–water partition coefficient (Wildman–Crippen LogP) is 3.91. The number of benzene rings is 1. The minimum Gasteiger partial charge on any atom is -0.464 e. The number of rotatable bonds is 10. The Bertz CT molecular complexity index is 1230. The molecule has 2 N–H and O–H groups in total. The molecule has 3 heterocycles. The number of para-hydroxylation sites is 1. The van der Waals surface area contributed by atoms with E-state index in [9.17, 15) is 4.79 Å². The number of hydrogen-bond donors (Lipinski definition) is 2. The van der Waals surface area contributed by atoms with E-state index < -0.39 is 0 Å². The van der Waals surface area contributed by atoms with Crippen LogP contribution in [0.25, 0.3) is 10.9 Å². The van der Waals surface area contributed by atoms with Crippen LogP contribution in [0.1, 0.15) is 22.6 Å². The number of aromatic nitrogens is 3. The summed E-state index contributed by atoms with van der Waals surface area (Å²) >= 11 is 1.77. The molecule has 0 aliphatic rings. The van der Waals surface area contributed by atoms with Crippen molar-refractivity contribution in [1.29, 1.82) is 0 Å². The van der Waals surface area contributed by atoms with Gasteiger partial charge in [0.05, 0.1) is 17.8 Å². The number of aromatic amines is 1. The molecule has 0 aliphatic carbocycles. The van der Waals surface area contributed by atoms with Gasteiger partial charge in [0, 0.05) is 42.1 Å². The second-order valence-electron chi connectivity index (χ2n) is 7.88. The summed E-state index contributed by atoms with van der Waals surface area (Å²) < 4.78 is 5.81. The summed E-state index contributed by atoms with van der Waals surface area (Å²) in [4.78, 5) is 26.2. The number of nitrogens with one attached hydrogen (secondary N) is 2. The molecule has 0 radical (unpaired) electrons. The van der Waals surface area contributed by atoms with E-state index in [1.54, 1.807) is 18.0 Å². The lowest BCUT2D eigenvalue weighted by Gasteiger charge is -2.07. The van der Waals surface area contributed by atoms with Crippen molar-refractivity contribution in [2.45, 2.75) is 18.7 Å². The quantitative estimate of drug-likeness (QED) is 0.355. The smallest absolute Gasteiger partial charge is 0.255 e. The number of hydrogen-bond acceptors (Lipinski definition) is 7. The Morgan fingerprint density at radius 1 is 1.09 bits per heavy atom. The Morgan fingerprint density at radius 3 is 2.78 bits per heavy atom. The van der Waals surface area contributed by atoms with Gasteiger partial charge in [0.1, 0.15) is 11.5 Å². The van der Waals surface area contributed by atoms with Gasteiger partial charge in [-0.1, -0.05) is 18.2 Å². The largest absolute Gasteiger partial charge is 0.464 e. The topological polar surface area (TPSA) is 87.0 Å². The predicted molar refractivity (Wildman–Crippen MR) is 130 cm³/mol. The minimum absolute atomic E-state index is 0.132.